The molecule has 4 atom stereocenters. The van der Waals surface area contributed by atoms with E-state index in [0.717, 1.165) is 11.9 Å². The minimum atomic E-state index is 0.0706. The molecule has 10 heavy (non-hydrogen) atoms. The van der Waals surface area contributed by atoms with Gasteiger partial charge in [-0.3, -0.25) is 4.79 Å². The van der Waals surface area contributed by atoms with Gasteiger partial charge >= 0.3 is 0 Å². The molecule has 2 heterocycles. The second kappa shape index (κ2) is 1.33. The van der Waals surface area contributed by atoms with Crippen molar-refractivity contribution in [2.24, 2.45) is 0 Å². The Morgan fingerprint density at radius 1 is 1.40 bits per heavy atom. The van der Waals surface area contributed by atoms with E-state index in [-0.39, 0.29) is 24.4 Å². The molecule has 0 spiro atoms. The first-order valence-electron chi connectivity index (χ1n) is 3.38. The maximum Gasteiger partial charge on any atom is 0.148 e. The van der Waals surface area contributed by atoms with E-state index in [2.05, 4.69) is 0 Å². The van der Waals surface area contributed by atoms with Gasteiger partial charge in [0.15, 0.2) is 0 Å². The van der Waals surface area contributed by atoms with Crippen LogP contribution in [-0.4, -0.2) is 30.7 Å². The number of aldehydes is 1. The zero-order valence-electron chi connectivity index (χ0n) is 5.19. The third-order valence-electron chi connectivity index (χ3n) is 2.23. The lowest BCUT2D eigenvalue weighted by atomic mass is 10.0. The lowest BCUT2D eigenvalue weighted by Crippen LogP contribution is -2.12. The molecule has 3 aliphatic rings. The van der Waals surface area contributed by atoms with Gasteiger partial charge < -0.3 is 9.47 Å². The molecule has 1 aliphatic carbocycles. The third-order valence-corrected chi connectivity index (χ3v) is 2.23. The second-order valence-corrected chi connectivity index (χ2v) is 2.87. The summed E-state index contributed by atoms with van der Waals surface area (Å²) in [5, 5.41) is 0. The summed E-state index contributed by atoms with van der Waals surface area (Å²) in [7, 11) is 0. The fraction of sp³-hybridized carbons (Fsp3) is 0.571. The summed E-state index contributed by atoms with van der Waals surface area (Å²) in [4.78, 5) is 10.4. The Bertz CT molecular complexity index is 233. The van der Waals surface area contributed by atoms with E-state index in [9.17, 15) is 4.79 Å². The van der Waals surface area contributed by atoms with Crippen LogP contribution in [0.3, 0.4) is 0 Å². The van der Waals surface area contributed by atoms with Crippen molar-refractivity contribution in [1.82, 2.24) is 0 Å². The van der Waals surface area contributed by atoms with Crippen molar-refractivity contribution in [3.05, 3.63) is 11.6 Å². The highest BCUT2D eigenvalue weighted by Crippen LogP contribution is 2.46. The van der Waals surface area contributed by atoms with Gasteiger partial charge in [0.1, 0.15) is 30.7 Å². The zero-order chi connectivity index (χ0) is 6.72. The quantitative estimate of drug-likeness (QED) is 0.367. The van der Waals surface area contributed by atoms with Gasteiger partial charge in [0.25, 0.3) is 0 Å². The molecule has 0 N–H and O–H groups in total. The number of carbonyl (C=O) groups is 1. The smallest absolute Gasteiger partial charge is 0.148 e. The van der Waals surface area contributed by atoms with E-state index in [1.807, 2.05) is 6.08 Å². The maximum absolute atomic E-state index is 10.4. The molecule has 4 unspecified atom stereocenters. The summed E-state index contributed by atoms with van der Waals surface area (Å²) in [6, 6.07) is 0. The molecule has 0 radical (unpaired) electrons. The number of ether oxygens (including phenoxy) is 2. The van der Waals surface area contributed by atoms with Crippen LogP contribution in [0.25, 0.3) is 0 Å². The van der Waals surface area contributed by atoms with Crippen molar-refractivity contribution in [2.75, 3.05) is 0 Å². The minimum absolute atomic E-state index is 0.0706. The standard InChI is InChI=1S/C7H6O3/c8-2-3-1-4-6(9-4)7-5(3)10-7/h1-2,4-7H. The molecule has 2 fully saturated rings. The Morgan fingerprint density at radius 3 is 3.10 bits per heavy atom. The van der Waals surface area contributed by atoms with Gasteiger partial charge in [0.05, 0.1) is 0 Å². The SMILES string of the molecule is O=CC1=CC2OC2C2OC12. The number of fused-ring (bicyclic) bond motifs is 3. The predicted molar refractivity (Wildman–Crippen MR) is 31.5 cm³/mol. The predicted octanol–water partition coefficient (Wildman–Crippen LogP) is -0.340. The lowest BCUT2D eigenvalue weighted by Gasteiger charge is -1.94. The minimum Gasteiger partial charge on any atom is -0.362 e. The van der Waals surface area contributed by atoms with Crippen molar-refractivity contribution < 1.29 is 14.3 Å². The average molecular weight is 138 g/mol. The highest BCUT2D eigenvalue weighted by atomic mass is 16.7. The topological polar surface area (TPSA) is 42.1 Å². The third kappa shape index (κ3) is 0.458. The van der Waals surface area contributed by atoms with E-state index in [4.69, 9.17) is 9.47 Å². The Morgan fingerprint density at radius 2 is 2.30 bits per heavy atom. The van der Waals surface area contributed by atoms with E-state index in [1.54, 1.807) is 0 Å². The lowest BCUT2D eigenvalue weighted by molar-refractivity contribution is -0.105. The first kappa shape index (κ1) is 5.04. The van der Waals surface area contributed by atoms with E-state index < -0.39 is 0 Å². The molecular formula is C7H6O3. The number of rotatable bonds is 1. The van der Waals surface area contributed by atoms with Gasteiger partial charge in [0, 0.05) is 5.57 Å². The van der Waals surface area contributed by atoms with Crippen LogP contribution in [0.5, 0.6) is 0 Å². The van der Waals surface area contributed by atoms with Crippen LogP contribution in [0.1, 0.15) is 0 Å². The van der Waals surface area contributed by atoms with Crippen LogP contribution in [0.2, 0.25) is 0 Å². The van der Waals surface area contributed by atoms with Crippen molar-refractivity contribution in [3.63, 3.8) is 0 Å². The zero-order valence-corrected chi connectivity index (χ0v) is 5.19. The molecule has 2 aliphatic heterocycles. The Hall–Kier alpha value is -0.670. The highest BCUT2D eigenvalue weighted by Gasteiger charge is 2.61. The van der Waals surface area contributed by atoms with Gasteiger partial charge in [-0.25, -0.2) is 0 Å². The molecular weight excluding hydrogens is 132 g/mol. The summed E-state index contributed by atoms with van der Waals surface area (Å²) < 4.78 is 10.4. The first-order valence-corrected chi connectivity index (χ1v) is 3.38. The van der Waals surface area contributed by atoms with Crippen molar-refractivity contribution >= 4 is 6.29 Å². The molecule has 3 rings (SSSR count). The summed E-state index contributed by atoms with van der Waals surface area (Å²) >= 11 is 0. The molecule has 3 nitrogen and oxygen atoms in total. The van der Waals surface area contributed by atoms with Gasteiger partial charge in [0.2, 0.25) is 0 Å². The van der Waals surface area contributed by atoms with Gasteiger partial charge in [-0.05, 0) is 6.08 Å². The number of epoxide rings is 2. The van der Waals surface area contributed by atoms with Crippen LogP contribution in [0, 0.1) is 0 Å². The average Bonchev–Trinajstić information content (AvgIpc) is 2.78. The largest absolute Gasteiger partial charge is 0.362 e. The van der Waals surface area contributed by atoms with E-state index in [1.165, 1.54) is 0 Å². The molecule has 0 amide bonds. The Labute approximate surface area is 57.6 Å². The molecule has 0 aromatic rings. The molecule has 0 saturated carbocycles. The van der Waals surface area contributed by atoms with Crippen LogP contribution in [-0.2, 0) is 14.3 Å². The van der Waals surface area contributed by atoms with Gasteiger partial charge in [-0.2, -0.15) is 0 Å². The fourth-order valence-electron chi connectivity index (χ4n) is 1.57. The molecule has 0 aromatic carbocycles. The number of hydrogen-bond donors (Lipinski definition) is 0. The Balaban J connectivity index is 2.00. The van der Waals surface area contributed by atoms with Crippen molar-refractivity contribution in [3.8, 4) is 0 Å². The Kier molecular flexibility index (Phi) is 0.672. The van der Waals surface area contributed by atoms with Crippen LogP contribution in [0.4, 0.5) is 0 Å². The molecule has 2 saturated heterocycles. The molecule has 0 bridgehead atoms. The molecule has 3 heteroatoms. The van der Waals surface area contributed by atoms with E-state index >= 15 is 0 Å². The van der Waals surface area contributed by atoms with E-state index in [0.29, 0.717) is 0 Å². The number of carbonyl (C=O) groups excluding carboxylic acids is 1. The normalized spacial score (nSPS) is 54.2. The molecule has 52 valence electrons. The van der Waals surface area contributed by atoms with Crippen LogP contribution in [0.15, 0.2) is 11.6 Å². The van der Waals surface area contributed by atoms with Crippen molar-refractivity contribution in [2.45, 2.75) is 24.4 Å². The maximum atomic E-state index is 10.4. The van der Waals surface area contributed by atoms with Gasteiger partial charge in [-0.1, -0.05) is 0 Å². The fourth-order valence-corrected chi connectivity index (χ4v) is 1.57. The summed E-state index contributed by atoms with van der Waals surface area (Å²) in [6.07, 6.45) is 3.46. The van der Waals surface area contributed by atoms with Crippen LogP contribution >= 0.6 is 0 Å². The monoisotopic (exact) mass is 138 g/mol. The molecule has 0 aromatic heterocycles. The van der Waals surface area contributed by atoms with Crippen molar-refractivity contribution in [1.29, 1.82) is 0 Å². The summed E-state index contributed by atoms with van der Waals surface area (Å²) in [5.74, 6) is 0. The van der Waals surface area contributed by atoms with Crippen LogP contribution < -0.4 is 0 Å². The number of hydrogen-bond acceptors (Lipinski definition) is 3. The second-order valence-electron chi connectivity index (χ2n) is 2.87. The summed E-state index contributed by atoms with van der Waals surface area (Å²) in [5.41, 5.74) is 0.767. The first-order chi connectivity index (χ1) is 4.90. The summed E-state index contributed by atoms with van der Waals surface area (Å²) in [6.45, 7) is 0. The van der Waals surface area contributed by atoms with Gasteiger partial charge in [-0.15, -0.1) is 0 Å². The highest BCUT2D eigenvalue weighted by molar-refractivity contribution is 5.77.